The molecule has 1 aromatic rings. The fourth-order valence-electron chi connectivity index (χ4n) is 1.83. The molecule has 0 saturated carbocycles. The van der Waals surface area contributed by atoms with Gasteiger partial charge >= 0.3 is 0 Å². The Labute approximate surface area is 124 Å². The summed E-state index contributed by atoms with van der Waals surface area (Å²) in [5, 5.41) is 10.9. The van der Waals surface area contributed by atoms with E-state index in [1.807, 2.05) is 13.8 Å². The predicted octanol–water partition coefficient (Wildman–Crippen LogP) is 1.62. The third kappa shape index (κ3) is 5.50. The molecule has 0 bridgehead atoms. The van der Waals surface area contributed by atoms with E-state index in [-0.39, 0.29) is 5.91 Å². The fourth-order valence-corrected chi connectivity index (χ4v) is 2.67. The summed E-state index contributed by atoms with van der Waals surface area (Å²) >= 11 is 1.63. The lowest BCUT2D eigenvalue weighted by molar-refractivity contribution is -0.124. The molecule has 0 radical (unpaired) electrons. The molecule has 4 N–H and O–H groups in total. The lowest BCUT2D eigenvalue weighted by Gasteiger charge is -2.27. The molecule has 0 aliphatic rings. The number of unbranched alkanes of at least 4 members (excludes halogenated alkanes) is 1. The van der Waals surface area contributed by atoms with Gasteiger partial charge in [-0.1, -0.05) is 25.1 Å². The first-order valence-corrected chi connectivity index (χ1v) is 8.03. The molecule has 1 aromatic heterocycles. The molecule has 1 amide bonds. The maximum atomic E-state index is 11.5. The molecule has 1 rings (SSSR count). The molecule has 0 saturated heterocycles. The van der Waals surface area contributed by atoms with Crippen molar-refractivity contribution in [3.63, 3.8) is 0 Å². The van der Waals surface area contributed by atoms with Gasteiger partial charge in [0.15, 0.2) is 0 Å². The predicted molar refractivity (Wildman–Crippen MR) is 81.6 cm³/mol. The molecule has 0 aliphatic carbocycles. The molecule has 0 spiro atoms. The van der Waals surface area contributed by atoms with Crippen LogP contribution >= 0.6 is 11.8 Å². The number of carbonyl (C=O) groups excluding carboxylic acids is 1. The molecule has 1 atom stereocenters. The van der Waals surface area contributed by atoms with Crippen LogP contribution in [-0.4, -0.2) is 38.9 Å². The van der Waals surface area contributed by atoms with E-state index in [1.54, 1.807) is 11.8 Å². The number of amides is 1. The van der Waals surface area contributed by atoms with E-state index < -0.39 is 5.54 Å². The highest BCUT2D eigenvalue weighted by molar-refractivity contribution is 7.99. The summed E-state index contributed by atoms with van der Waals surface area (Å²) in [6, 6.07) is 0. The van der Waals surface area contributed by atoms with Gasteiger partial charge in [-0.15, -0.1) is 5.10 Å². The molecule has 0 aliphatic heterocycles. The molecule has 20 heavy (non-hydrogen) atoms. The van der Waals surface area contributed by atoms with Gasteiger partial charge in [0.25, 0.3) is 0 Å². The molecular weight excluding hydrogens is 274 g/mol. The molecule has 7 heteroatoms. The van der Waals surface area contributed by atoms with Crippen LogP contribution in [-0.2, 0) is 4.79 Å². The first-order valence-electron chi connectivity index (χ1n) is 7.04. The Morgan fingerprint density at radius 3 is 2.80 bits per heavy atom. The van der Waals surface area contributed by atoms with E-state index in [2.05, 4.69) is 27.4 Å². The minimum atomic E-state index is -0.595. The van der Waals surface area contributed by atoms with E-state index >= 15 is 0 Å². The van der Waals surface area contributed by atoms with Crippen molar-refractivity contribution in [2.24, 2.45) is 5.73 Å². The number of hydrogen-bond donors (Lipinski definition) is 3. The Bertz CT molecular complexity index is 423. The van der Waals surface area contributed by atoms with Gasteiger partial charge in [0.1, 0.15) is 5.82 Å². The summed E-state index contributed by atoms with van der Waals surface area (Å²) in [6.07, 6.45) is 3.71. The van der Waals surface area contributed by atoms with Crippen molar-refractivity contribution in [3.05, 3.63) is 5.82 Å². The number of nitrogens with one attached hydrogen (secondary N) is 2. The Balaban J connectivity index is 2.25. The molecule has 1 heterocycles. The number of carbonyl (C=O) groups is 1. The highest BCUT2D eigenvalue weighted by atomic mass is 32.2. The Hall–Kier alpha value is -1.08. The average Bonchev–Trinajstić information content (AvgIpc) is 2.81. The normalized spacial score (nSPS) is 14.2. The van der Waals surface area contributed by atoms with E-state index in [1.165, 1.54) is 0 Å². The molecule has 0 fully saturated rings. The summed E-state index contributed by atoms with van der Waals surface area (Å²) in [4.78, 5) is 15.8. The zero-order chi connectivity index (χ0) is 15.0. The number of aromatic nitrogens is 3. The van der Waals surface area contributed by atoms with Gasteiger partial charge in [0.2, 0.25) is 11.1 Å². The fraction of sp³-hybridized carbons (Fsp3) is 0.769. The van der Waals surface area contributed by atoms with E-state index in [4.69, 9.17) is 5.73 Å². The number of thioether (sulfide) groups is 1. The van der Waals surface area contributed by atoms with Crippen molar-refractivity contribution in [2.75, 3.05) is 12.3 Å². The highest BCUT2D eigenvalue weighted by Crippen LogP contribution is 2.18. The SMILES string of the molecule is CCCNC(C)(CCCCSc1n[nH]c(C)n1)C(N)=O. The summed E-state index contributed by atoms with van der Waals surface area (Å²) in [5.74, 6) is 1.50. The minimum absolute atomic E-state index is 0.275. The van der Waals surface area contributed by atoms with Crippen molar-refractivity contribution in [1.82, 2.24) is 20.5 Å². The van der Waals surface area contributed by atoms with Gasteiger partial charge in [-0.05, 0) is 39.7 Å². The van der Waals surface area contributed by atoms with Crippen LogP contribution in [0.3, 0.4) is 0 Å². The van der Waals surface area contributed by atoms with Crippen LogP contribution in [0.25, 0.3) is 0 Å². The third-order valence-corrected chi connectivity index (χ3v) is 4.12. The number of nitrogens with zero attached hydrogens (tertiary/aromatic N) is 2. The Morgan fingerprint density at radius 2 is 2.25 bits per heavy atom. The van der Waals surface area contributed by atoms with Crippen molar-refractivity contribution in [3.8, 4) is 0 Å². The van der Waals surface area contributed by atoms with E-state index in [0.29, 0.717) is 0 Å². The summed E-state index contributed by atoms with van der Waals surface area (Å²) in [7, 11) is 0. The van der Waals surface area contributed by atoms with Crippen LogP contribution < -0.4 is 11.1 Å². The summed E-state index contributed by atoms with van der Waals surface area (Å²) < 4.78 is 0. The van der Waals surface area contributed by atoms with E-state index in [0.717, 1.165) is 49.0 Å². The zero-order valence-corrected chi connectivity index (χ0v) is 13.3. The number of aryl methyl sites for hydroxylation is 1. The van der Waals surface area contributed by atoms with E-state index in [9.17, 15) is 4.79 Å². The van der Waals surface area contributed by atoms with Gasteiger partial charge in [-0.25, -0.2) is 4.98 Å². The maximum absolute atomic E-state index is 11.5. The summed E-state index contributed by atoms with van der Waals surface area (Å²) in [5.41, 5.74) is 4.89. The number of aromatic amines is 1. The standard InChI is InChI=1S/C13H25N5OS/c1-4-8-15-13(3,11(14)19)7-5-6-9-20-12-16-10(2)17-18-12/h15H,4-9H2,1-3H3,(H2,14,19)(H,16,17,18). The number of H-pyrrole nitrogens is 1. The molecule has 1 unspecified atom stereocenters. The number of primary amides is 1. The minimum Gasteiger partial charge on any atom is -0.368 e. The Kier molecular flexibility index (Phi) is 7.01. The van der Waals surface area contributed by atoms with Crippen molar-refractivity contribution in [2.45, 2.75) is 57.1 Å². The van der Waals surface area contributed by atoms with Crippen molar-refractivity contribution >= 4 is 17.7 Å². The quantitative estimate of drug-likeness (QED) is 0.450. The van der Waals surface area contributed by atoms with Gasteiger partial charge in [0.05, 0.1) is 5.54 Å². The lowest BCUT2D eigenvalue weighted by Crippen LogP contribution is -2.53. The Morgan fingerprint density at radius 1 is 1.50 bits per heavy atom. The smallest absolute Gasteiger partial charge is 0.237 e. The zero-order valence-electron chi connectivity index (χ0n) is 12.5. The average molecular weight is 299 g/mol. The monoisotopic (exact) mass is 299 g/mol. The molecule has 114 valence electrons. The lowest BCUT2D eigenvalue weighted by atomic mass is 9.94. The van der Waals surface area contributed by atoms with Gasteiger partial charge in [0, 0.05) is 5.75 Å². The van der Waals surface area contributed by atoms with Crippen molar-refractivity contribution in [1.29, 1.82) is 0 Å². The second kappa shape index (κ2) is 8.26. The van der Waals surface area contributed by atoms with Crippen LogP contribution in [0.5, 0.6) is 0 Å². The highest BCUT2D eigenvalue weighted by Gasteiger charge is 2.29. The van der Waals surface area contributed by atoms with Gasteiger partial charge < -0.3 is 11.1 Å². The van der Waals surface area contributed by atoms with Gasteiger partial charge in [-0.2, -0.15) is 0 Å². The third-order valence-electron chi connectivity index (χ3n) is 3.19. The second-order valence-corrected chi connectivity index (χ2v) is 6.19. The van der Waals surface area contributed by atoms with Crippen LogP contribution in [0.15, 0.2) is 5.16 Å². The van der Waals surface area contributed by atoms with Crippen LogP contribution in [0.1, 0.15) is 45.4 Å². The topological polar surface area (TPSA) is 96.7 Å². The largest absolute Gasteiger partial charge is 0.368 e. The summed E-state index contributed by atoms with van der Waals surface area (Å²) in [6.45, 7) is 6.65. The van der Waals surface area contributed by atoms with Crippen molar-refractivity contribution < 1.29 is 4.79 Å². The molecule has 6 nitrogen and oxygen atoms in total. The van der Waals surface area contributed by atoms with Gasteiger partial charge in [-0.3, -0.25) is 9.89 Å². The number of hydrogen-bond acceptors (Lipinski definition) is 5. The first kappa shape index (κ1) is 17.0. The van der Waals surface area contributed by atoms with Crippen LogP contribution in [0, 0.1) is 6.92 Å². The first-order chi connectivity index (χ1) is 9.48. The second-order valence-electron chi connectivity index (χ2n) is 5.13. The molecule has 0 aromatic carbocycles. The number of rotatable bonds is 10. The van der Waals surface area contributed by atoms with Crippen LogP contribution in [0.4, 0.5) is 0 Å². The number of nitrogens with two attached hydrogens (primary N) is 1. The maximum Gasteiger partial charge on any atom is 0.237 e. The van der Waals surface area contributed by atoms with Crippen LogP contribution in [0.2, 0.25) is 0 Å². The molecular formula is C13H25N5OS.